The molecule has 3 saturated heterocycles. The summed E-state index contributed by atoms with van der Waals surface area (Å²) in [4.78, 5) is 0. The molecule has 9 rings (SSSR count). The molecule has 0 bridgehead atoms. The summed E-state index contributed by atoms with van der Waals surface area (Å²) in [6.07, 6.45) is 20.0. The van der Waals surface area contributed by atoms with Crippen molar-refractivity contribution in [2.45, 2.75) is 170 Å². The summed E-state index contributed by atoms with van der Waals surface area (Å²) in [5.74, 6) is 3.52. The molecule has 3 heterocycles. The van der Waals surface area contributed by atoms with Gasteiger partial charge in [-0.05, 0) is 241 Å². The van der Waals surface area contributed by atoms with Gasteiger partial charge in [-0.1, -0.05) is 114 Å². The molecule has 0 spiro atoms. The van der Waals surface area contributed by atoms with E-state index < -0.39 is 0 Å². The average Bonchev–Trinajstić information content (AvgIpc) is 3.48. The van der Waals surface area contributed by atoms with E-state index in [1.165, 1.54) is 63.0 Å². The van der Waals surface area contributed by atoms with Gasteiger partial charge in [0.25, 0.3) is 0 Å². The third-order valence-corrected chi connectivity index (χ3v) is 15.8. The number of allylic oxidation sites excluding steroid dienone is 8. The maximum Gasteiger partial charge on any atom is 0.199 e. The average molecular weight is 1140 g/mol. The van der Waals surface area contributed by atoms with Crippen molar-refractivity contribution in [2.24, 2.45) is 0 Å². The van der Waals surface area contributed by atoms with Crippen LogP contribution in [-0.2, 0) is 27.1 Å². The zero-order valence-electron chi connectivity index (χ0n) is 50.9. The second-order valence-electron chi connectivity index (χ2n) is 21.5. The second kappa shape index (κ2) is 33.9. The molecule has 9 heteroatoms. The zero-order chi connectivity index (χ0) is 59.6. The lowest BCUT2D eigenvalue weighted by Gasteiger charge is -2.24. The lowest BCUT2D eigenvalue weighted by atomic mass is 9.89. The first-order chi connectivity index (χ1) is 41.0. The predicted molar refractivity (Wildman–Crippen MR) is 346 cm³/mol. The molecule has 3 fully saturated rings. The number of phenolic OH excluding ortho intramolecular Hbond substituents is 3. The van der Waals surface area contributed by atoms with Crippen LogP contribution in [0.5, 0.6) is 34.5 Å². The minimum Gasteiger partial charge on any atom is -0.508 e. The van der Waals surface area contributed by atoms with E-state index in [-0.39, 0.29) is 18.9 Å². The summed E-state index contributed by atoms with van der Waals surface area (Å²) >= 11 is 0. The van der Waals surface area contributed by atoms with Crippen molar-refractivity contribution in [1.29, 1.82) is 0 Å². The Morgan fingerprint density at radius 1 is 0.381 bits per heavy atom. The molecule has 0 aromatic heterocycles. The highest BCUT2D eigenvalue weighted by Gasteiger charge is 2.20. The first kappa shape index (κ1) is 64.3. The Bertz CT molecular complexity index is 2930. The molecule has 0 saturated carbocycles. The second-order valence-corrected chi connectivity index (χ2v) is 21.5. The fourth-order valence-electron chi connectivity index (χ4n) is 11.5. The standard InChI is InChI=1S/C28H36O4.C24H28O2.C23H28O3/c1-3-25(21-11-15-23(16-12-21)31-27-9-5-7-19-29-27)26(4-2)22-13-17-24(18-14-22)32-28-10-6-8-20-30-28;1-5-9-19-15-17(11-13-23(19)25)21(7-3)22(8-4)18-12-14-24(26)20(16-18)10-6-2;1-3-21(17-8-12-19(24)13-9-17)22(4-2)18-10-14-20(15-11-18)26-23-7-5-6-16-25-23/h11-18,27-28H,3-10,19-20H2,1-2H3;5-6,11-16,25-26H,1-2,7-10H2,3-4H3;8-15,23-24H,3-7,16H2,1-2H3/b26-25+;2*22-21+. The monoisotopic (exact) mass is 1140 g/mol. The Labute approximate surface area is 502 Å². The van der Waals surface area contributed by atoms with E-state index >= 15 is 0 Å². The normalized spacial score (nSPS) is 17.8. The van der Waals surface area contributed by atoms with Crippen LogP contribution >= 0.6 is 0 Å². The maximum atomic E-state index is 10.1. The number of benzene rings is 6. The van der Waals surface area contributed by atoms with E-state index in [1.54, 1.807) is 36.4 Å². The number of aromatic hydroxyl groups is 3. The first-order valence-electron chi connectivity index (χ1n) is 31.0. The molecular formula is C75H92O9. The summed E-state index contributed by atoms with van der Waals surface area (Å²) in [6, 6.07) is 44.3. The molecule has 0 radical (unpaired) electrons. The largest absolute Gasteiger partial charge is 0.508 e. The van der Waals surface area contributed by atoms with Gasteiger partial charge in [-0.3, -0.25) is 0 Å². The van der Waals surface area contributed by atoms with Crippen molar-refractivity contribution in [2.75, 3.05) is 19.8 Å². The SMILES string of the molecule is C=CCc1cc(/C(CC)=C(\CC)c2ccc(O)c(CC=C)c2)ccc1O.CC/C(=C(/CC)c1ccc(OC2CCCCO2)cc1)c1ccc(O)cc1.CC/C(=C(/CC)c1ccc(OC2CCCCO2)cc1)c1ccc(OC2CCCCO2)cc1. The minimum atomic E-state index is -0.112. The van der Waals surface area contributed by atoms with E-state index in [1.807, 2.05) is 36.4 Å². The fourth-order valence-corrected chi connectivity index (χ4v) is 11.5. The molecule has 3 aliphatic heterocycles. The number of hydrogen-bond donors (Lipinski definition) is 3. The van der Waals surface area contributed by atoms with Gasteiger partial charge in [-0.25, -0.2) is 0 Å². The Morgan fingerprint density at radius 3 is 0.893 bits per heavy atom. The van der Waals surface area contributed by atoms with Gasteiger partial charge < -0.3 is 43.7 Å². The van der Waals surface area contributed by atoms with Crippen LogP contribution < -0.4 is 14.2 Å². The Balaban J connectivity index is 0.000000182. The van der Waals surface area contributed by atoms with Crippen LogP contribution in [0.4, 0.5) is 0 Å². The fraction of sp³-hybridized carbons (Fsp3) is 0.387. The Hall–Kier alpha value is -7.30. The van der Waals surface area contributed by atoms with Gasteiger partial charge in [0.1, 0.15) is 34.5 Å². The van der Waals surface area contributed by atoms with Crippen molar-refractivity contribution in [3.8, 4) is 34.5 Å². The molecule has 9 nitrogen and oxygen atoms in total. The van der Waals surface area contributed by atoms with Gasteiger partial charge >= 0.3 is 0 Å². The molecular weight excluding hydrogens is 1040 g/mol. The van der Waals surface area contributed by atoms with Gasteiger partial charge in [0.15, 0.2) is 18.9 Å². The molecule has 84 heavy (non-hydrogen) atoms. The third-order valence-electron chi connectivity index (χ3n) is 15.8. The Kier molecular flexibility index (Phi) is 25.9. The van der Waals surface area contributed by atoms with Gasteiger partial charge in [0.05, 0.1) is 19.8 Å². The number of rotatable bonds is 22. The predicted octanol–water partition coefficient (Wildman–Crippen LogP) is 19.5. The first-order valence-corrected chi connectivity index (χ1v) is 31.0. The lowest BCUT2D eigenvalue weighted by Crippen LogP contribution is -2.24. The zero-order valence-corrected chi connectivity index (χ0v) is 50.9. The van der Waals surface area contributed by atoms with E-state index in [0.29, 0.717) is 30.1 Å². The van der Waals surface area contributed by atoms with Gasteiger partial charge in [-0.15, -0.1) is 13.2 Å². The number of ether oxygens (including phenoxy) is 6. The van der Waals surface area contributed by atoms with Crippen LogP contribution in [0.25, 0.3) is 33.4 Å². The van der Waals surface area contributed by atoms with Crippen molar-refractivity contribution >= 4 is 33.4 Å². The molecule has 0 amide bonds. The smallest absolute Gasteiger partial charge is 0.199 e. The van der Waals surface area contributed by atoms with E-state index in [2.05, 4.69) is 127 Å². The molecule has 3 atom stereocenters. The number of hydrogen-bond acceptors (Lipinski definition) is 9. The number of phenols is 3. The highest BCUT2D eigenvalue weighted by atomic mass is 16.7. The van der Waals surface area contributed by atoms with Crippen molar-refractivity contribution in [1.82, 2.24) is 0 Å². The molecule has 3 N–H and O–H groups in total. The van der Waals surface area contributed by atoms with E-state index in [9.17, 15) is 15.3 Å². The van der Waals surface area contributed by atoms with Crippen LogP contribution in [0, 0.1) is 0 Å². The summed E-state index contributed by atoms with van der Waals surface area (Å²) in [5.41, 5.74) is 16.8. The molecule has 3 unspecified atom stereocenters. The van der Waals surface area contributed by atoms with Gasteiger partial charge in [0.2, 0.25) is 0 Å². The lowest BCUT2D eigenvalue weighted by molar-refractivity contribution is -0.106. The topological polar surface area (TPSA) is 116 Å². The Morgan fingerprint density at radius 2 is 0.643 bits per heavy atom. The van der Waals surface area contributed by atoms with Crippen LogP contribution in [0.15, 0.2) is 159 Å². The van der Waals surface area contributed by atoms with Crippen molar-refractivity contribution in [3.63, 3.8) is 0 Å². The van der Waals surface area contributed by atoms with Gasteiger partial charge in [-0.2, -0.15) is 0 Å². The van der Waals surface area contributed by atoms with E-state index in [0.717, 1.165) is 148 Å². The molecule has 0 aliphatic carbocycles. The van der Waals surface area contributed by atoms with Gasteiger partial charge in [0, 0.05) is 19.3 Å². The van der Waals surface area contributed by atoms with Crippen LogP contribution in [-0.4, -0.2) is 54.0 Å². The summed E-state index contributed by atoms with van der Waals surface area (Å²) in [5, 5.41) is 29.7. The molecule has 6 aromatic carbocycles. The quantitative estimate of drug-likeness (QED) is 0.0451. The van der Waals surface area contributed by atoms with Crippen LogP contribution in [0.3, 0.4) is 0 Å². The highest BCUT2D eigenvalue weighted by molar-refractivity contribution is 5.93. The van der Waals surface area contributed by atoms with Crippen molar-refractivity contribution in [3.05, 3.63) is 203 Å². The molecule has 6 aromatic rings. The molecule has 3 aliphatic rings. The minimum absolute atomic E-state index is 0.110. The van der Waals surface area contributed by atoms with Crippen molar-refractivity contribution < 1.29 is 43.7 Å². The summed E-state index contributed by atoms with van der Waals surface area (Å²) in [7, 11) is 0. The van der Waals surface area contributed by atoms with E-state index in [4.69, 9.17) is 28.4 Å². The van der Waals surface area contributed by atoms with Crippen LogP contribution in [0.1, 0.15) is 182 Å². The summed E-state index contributed by atoms with van der Waals surface area (Å²) < 4.78 is 35.0. The highest BCUT2D eigenvalue weighted by Crippen LogP contribution is 2.38. The third kappa shape index (κ3) is 18.3. The van der Waals surface area contributed by atoms with Crippen LogP contribution in [0.2, 0.25) is 0 Å². The summed E-state index contributed by atoms with van der Waals surface area (Å²) in [6.45, 7) is 23.0. The molecule has 446 valence electrons. The maximum absolute atomic E-state index is 10.1.